The van der Waals surface area contributed by atoms with Crippen LogP contribution in [-0.2, 0) is 5.75 Å². The summed E-state index contributed by atoms with van der Waals surface area (Å²) in [6, 6.07) is 10.9. The minimum Gasteiger partial charge on any atom is -0.361 e. The maximum atomic E-state index is 5.09. The fourth-order valence-corrected chi connectivity index (χ4v) is 2.62. The fraction of sp³-hybridized carbons (Fsp3) is 0.357. The summed E-state index contributed by atoms with van der Waals surface area (Å²) in [7, 11) is 0. The fourth-order valence-electron chi connectivity index (χ4n) is 1.77. The van der Waals surface area contributed by atoms with Gasteiger partial charge in [0, 0.05) is 17.0 Å². The van der Waals surface area contributed by atoms with Gasteiger partial charge in [-0.05, 0) is 31.2 Å². The van der Waals surface area contributed by atoms with E-state index in [2.05, 4.69) is 48.6 Å². The molecule has 0 saturated heterocycles. The Morgan fingerprint density at radius 2 is 2.28 bits per heavy atom. The quantitative estimate of drug-likeness (QED) is 0.807. The standard InChI is InChI=1S/C14H18N2OS/c1-3-15-11(2)12-5-4-6-14(9-12)18-10-13-7-8-16-17-13/h4-9,11,15H,3,10H2,1-2H3. The number of thioether (sulfide) groups is 1. The van der Waals surface area contributed by atoms with Gasteiger partial charge in [0.1, 0.15) is 5.76 Å². The van der Waals surface area contributed by atoms with E-state index in [-0.39, 0.29) is 0 Å². The van der Waals surface area contributed by atoms with E-state index >= 15 is 0 Å². The predicted molar refractivity (Wildman–Crippen MR) is 74.6 cm³/mol. The molecule has 0 aliphatic carbocycles. The molecule has 0 bridgehead atoms. The van der Waals surface area contributed by atoms with Gasteiger partial charge in [0.25, 0.3) is 0 Å². The molecule has 1 atom stereocenters. The van der Waals surface area contributed by atoms with E-state index in [0.29, 0.717) is 6.04 Å². The zero-order chi connectivity index (χ0) is 12.8. The first-order chi connectivity index (χ1) is 8.79. The van der Waals surface area contributed by atoms with Crippen molar-refractivity contribution in [2.45, 2.75) is 30.5 Å². The molecule has 0 amide bonds. The number of nitrogens with zero attached hydrogens (tertiary/aromatic N) is 1. The highest BCUT2D eigenvalue weighted by molar-refractivity contribution is 7.98. The summed E-state index contributed by atoms with van der Waals surface area (Å²) < 4.78 is 5.09. The molecular formula is C14H18N2OS. The summed E-state index contributed by atoms with van der Waals surface area (Å²) in [6.07, 6.45) is 1.68. The van der Waals surface area contributed by atoms with E-state index in [9.17, 15) is 0 Å². The van der Waals surface area contributed by atoms with Crippen LogP contribution in [-0.4, -0.2) is 11.7 Å². The van der Waals surface area contributed by atoms with Gasteiger partial charge in [-0.15, -0.1) is 11.8 Å². The van der Waals surface area contributed by atoms with Gasteiger partial charge < -0.3 is 9.84 Å². The molecule has 1 heterocycles. The molecular weight excluding hydrogens is 244 g/mol. The van der Waals surface area contributed by atoms with Crippen molar-refractivity contribution in [3.8, 4) is 0 Å². The molecule has 0 radical (unpaired) electrons. The summed E-state index contributed by atoms with van der Waals surface area (Å²) in [4.78, 5) is 1.26. The van der Waals surface area contributed by atoms with Gasteiger partial charge in [0.15, 0.2) is 0 Å². The van der Waals surface area contributed by atoms with E-state index in [4.69, 9.17) is 4.52 Å². The summed E-state index contributed by atoms with van der Waals surface area (Å²) in [6.45, 7) is 5.29. The lowest BCUT2D eigenvalue weighted by Gasteiger charge is -2.13. The Labute approximate surface area is 112 Å². The minimum atomic E-state index is 0.390. The highest BCUT2D eigenvalue weighted by atomic mass is 32.2. The Hall–Kier alpha value is -1.26. The highest BCUT2D eigenvalue weighted by Crippen LogP contribution is 2.25. The van der Waals surface area contributed by atoms with E-state index in [1.807, 2.05) is 6.07 Å². The molecule has 1 aromatic heterocycles. The summed E-state index contributed by atoms with van der Waals surface area (Å²) in [5.74, 6) is 1.73. The molecule has 3 nitrogen and oxygen atoms in total. The second-order valence-corrected chi connectivity index (χ2v) is 5.17. The number of rotatable bonds is 6. The molecule has 4 heteroatoms. The lowest BCUT2D eigenvalue weighted by Crippen LogP contribution is -2.17. The maximum absolute atomic E-state index is 5.09. The van der Waals surface area contributed by atoms with E-state index in [0.717, 1.165) is 18.1 Å². The molecule has 2 rings (SSSR count). The van der Waals surface area contributed by atoms with Gasteiger partial charge in [-0.1, -0.05) is 24.2 Å². The van der Waals surface area contributed by atoms with Crippen molar-refractivity contribution >= 4 is 11.8 Å². The molecule has 0 aliphatic heterocycles. The van der Waals surface area contributed by atoms with Crippen LogP contribution in [0.4, 0.5) is 0 Å². The molecule has 96 valence electrons. The zero-order valence-corrected chi connectivity index (χ0v) is 11.5. The summed E-state index contributed by atoms with van der Waals surface area (Å²) >= 11 is 1.77. The SMILES string of the molecule is CCNC(C)c1cccc(SCc2ccno2)c1. The van der Waals surface area contributed by atoms with Crippen molar-refractivity contribution in [2.24, 2.45) is 0 Å². The van der Waals surface area contributed by atoms with Gasteiger partial charge in [0.05, 0.1) is 11.9 Å². The monoisotopic (exact) mass is 262 g/mol. The first kappa shape index (κ1) is 13.2. The van der Waals surface area contributed by atoms with Gasteiger partial charge in [-0.3, -0.25) is 0 Å². The normalized spacial score (nSPS) is 12.6. The van der Waals surface area contributed by atoms with Crippen LogP contribution < -0.4 is 5.32 Å². The van der Waals surface area contributed by atoms with Crippen LogP contribution in [0.15, 0.2) is 45.9 Å². The second kappa shape index (κ2) is 6.61. The van der Waals surface area contributed by atoms with Crippen LogP contribution in [0, 0.1) is 0 Å². The average Bonchev–Trinajstić information content (AvgIpc) is 2.90. The Kier molecular flexibility index (Phi) is 4.84. The number of hydrogen-bond donors (Lipinski definition) is 1. The molecule has 0 fully saturated rings. The lowest BCUT2D eigenvalue weighted by atomic mass is 10.1. The van der Waals surface area contributed by atoms with Crippen LogP contribution in [0.3, 0.4) is 0 Å². The smallest absolute Gasteiger partial charge is 0.146 e. The van der Waals surface area contributed by atoms with Crippen LogP contribution in [0.2, 0.25) is 0 Å². The first-order valence-corrected chi connectivity index (χ1v) is 7.14. The Morgan fingerprint density at radius 1 is 1.39 bits per heavy atom. The number of hydrogen-bond acceptors (Lipinski definition) is 4. The Bertz CT molecular complexity index is 470. The van der Waals surface area contributed by atoms with Crippen molar-refractivity contribution in [3.05, 3.63) is 47.9 Å². The molecule has 0 saturated carbocycles. The lowest BCUT2D eigenvalue weighted by molar-refractivity contribution is 0.395. The van der Waals surface area contributed by atoms with E-state index in [1.54, 1.807) is 18.0 Å². The largest absolute Gasteiger partial charge is 0.361 e. The molecule has 1 unspecified atom stereocenters. The van der Waals surface area contributed by atoms with Gasteiger partial charge in [-0.2, -0.15) is 0 Å². The summed E-state index contributed by atoms with van der Waals surface area (Å²) in [5, 5.41) is 7.13. The molecule has 1 N–H and O–H groups in total. The van der Waals surface area contributed by atoms with Crippen molar-refractivity contribution < 1.29 is 4.52 Å². The Balaban J connectivity index is 1.98. The zero-order valence-electron chi connectivity index (χ0n) is 10.7. The third kappa shape index (κ3) is 3.62. The number of nitrogens with one attached hydrogen (secondary N) is 1. The summed E-state index contributed by atoms with van der Waals surface area (Å²) in [5.41, 5.74) is 1.32. The molecule has 2 aromatic rings. The maximum Gasteiger partial charge on any atom is 0.146 e. The van der Waals surface area contributed by atoms with Gasteiger partial charge in [0.2, 0.25) is 0 Å². The van der Waals surface area contributed by atoms with E-state index in [1.165, 1.54) is 10.5 Å². The first-order valence-electron chi connectivity index (χ1n) is 6.15. The third-order valence-corrected chi connectivity index (χ3v) is 3.76. The second-order valence-electron chi connectivity index (χ2n) is 4.12. The number of aromatic nitrogens is 1. The topological polar surface area (TPSA) is 38.1 Å². The van der Waals surface area contributed by atoms with Crippen LogP contribution in [0.5, 0.6) is 0 Å². The van der Waals surface area contributed by atoms with Crippen molar-refractivity contribution in [1.82, 2.24) is 10.5 Å². The van der Waals surface area contributed by atoms with E-state index < -0.39 is 0 Å². The van der Waals surface area contributed by atoms with Crippen LogP contribution >= 0.6 is 11.8 Å². The van der Waals surface area contributed by atoms with Crippen molar-refractivity contribution in [1.29, 1.82) is 0 Å². The molecule has 18 heavy (non-hydrogen) atoms. The third-order valence-electron chi connectivity index (χ3n) is 2.74. The van der Waals surface area contributed by atoms with Crippen molar-refractivity contribution in [3.63, 3.8) is 0 Å². The average molecular weight is 262 g/mol. The highest BCUT2D eigenvalue weighted by Gasteiger charge is 2.05. The van der Waals surface area contributed by atoms with Crippen LogP contribution in [0.25, 0.3) is 0 Å². The van der Waals surface area contributed by atoms with Gasteiger partial charge in [-0.25, -0.2) is 0 Å². The Morgan fingerprint density at radius 3 is 3.00 bits per heavy atom. The molecule has 0 spiro atoms. The van der Waals surface area contributed by atoms with Crippen molar-refractivity contribution in [2.75, 3.05) is 6.54 Å². The van der Waals surface area contributed by atoms with Gasteiger partial charge >= 0.3 is 0 Å². The van der Waals surface area contributed by atoms with Crippen LogP contribution in [0.1, 0.15) is 31.2 Å². The minimum absolute atomic E-state index is 0.390. The predicted octanol–water partition coefficient (Wildman–Crippen LogP) is 3.64. The number of benzene rings is 1. The molecule has 1 aromatic carbocycles. The molecule has 0 aliphatic rings.